The van der Waals surface area contributed by atoms with Crippen LogP contribution in [0.4, 0.5) is 4.79 Å². The molecule has 0 radical (unpaired) electrons. The lowest BCUT2D eigenvalue weighted by atomic mass is 9.87. The summed E-state index contributed by atoms with van der Waals surface area (Å²) in [6, 6.07) is 2.80. The Morgan fingerprint density at radius 2 is 1.60 bits per heavy atom. The number of aliphatic carboxylic acids is 1. The number of likely N-dealkylation sites (tertiary alicyclic amines) is 1. The second-order valence-electron chi connectivity index (χ2n) is 12.8. The summed E-state index contributed by atoms with van der Waals surface area (Å²) in [5, 5.41) is 17.6. The van der Waals surface area contributed by atoms with Crippen molar-refractivity contribution in [1.82, 2.24) is 20.9 Å². The number of benzene rings is 1. The molecule has 1 aromatic carbocycles. The molecule has 1 saturated heterocycles. The molecular formula is C30H41N5O7. The highest BCUT2D eigenvalue weighted by Crippen LogP contribution is 2.34. The Balaban J connectivity index is 1.53. The molecule has 0 bridgehead atoms. The van der Waals surface area contributed by atoms with Crippen LogP contribution in [-0.4, -0.2) is 76.2 Å². The van der Waals surface area contributed by atoms with Crippen molar-refractivity contribution < 1.29 is 33.9 Å². The van der Waals surface area contributed by atoms with Crippen LogP contribution in [0.5, 0.6) is 0 Å². The third kappa shape index (κ3) is 7.27. The zero-order chi connectivity index (χ0) is 30.8. The van der Waals surface area contributed by atoms with E-state index in [9.17, 15) is 33.9 Å². The van der Waals surface area contributed by atoms with E-state index in [0.717, 1.165) is 24.0 Å². The standard InChI is InChI=1S/C30H41N5O7/c1-30(2,3)24(28(40)41)34-29(42)33-22(19-14-17-7-4-5-8-18(17)15-19)27(39)35-12-6-9-21(35)26(38)32-20(13-16-10-11-16)23(36)25(31)37/h4-5,7-8,16,19-22,24H,6,9-15H2,1-3H3,(H2,31,37)(H,32,38)(H,40,41)(H2,33,34,42). The number of hydrogen-bond donors (Lipinski definition) is 5. The van der Waals surface area contributed by atoms with Crippen LogP contribution in [0.2, 0.25) is 0 Å². The van der Waals surface area contributed by atoms with E-state index in [2.05, 4.69) is 16.0 Å². The lowest BCUT2D eigenvalue weighted by molar-refractivity contribution is -0.142. The van der Waals surface area contributed by atoms with Crippen molar-refractivity contribution in [3.63, 3.8) is 0 Å². The van der Waals surface area contributed by atoms with Crippen molar-refractivity contribution >= 4 is 35.5 Å². The Morgan fingerprint density at radius 1 is 0.976 bits per heavy atom. The highest BCUT2D eigenvalue weighted by atomic mass is 16.4. The normalized spacial score (nSPS) is 20.6. The molecule has 6 N–H and O–H groups in total. The van der Waals surface area contributed by atoms with E-state index in [1.807, 2.05) is 24.3 Å². The highest BCUT2D eigenvalue weighted by molar-refractivity contribution is 6.37. The molecule has 5 amide bonds. The largest absolute Gasteiger partial charge is 0.480 e. The van der Waals surface area contributed by atoms with Crippen molar-refractivity contribution in [3.8, 4) is 0 Å². The molecule has 1 heterocycles. The molecule has 1 saturated carbocycles. The lowest BCUT2D eigenvalue weighted by Crippen LogP contribution is -2.60. The van der Waals surface area contributed by atoms with Gasteiger partial charge in [0.15, 0.2) is 0 Å². The number of urea groups is 1. The maximum absolute atomic E-state index is 14.1. The van der Waals surface area contributed by atoms with Crippen LogP contribution in [-0.2, 0) is 36.8 Å². The Hall–Kier alpha value is -3.96. The van der Waals surface area contributed by atoms with Gasteiger partial charge in [0.2, 0.25) is 17.6 Å². The van der Waals surface area contributed by atoms with Crippen molar-refractivity contribution in [1.29, 1.82) is 0 Å². The molecule has 2 fully saturated rings. The minimum Gasteiger partial charge on any atom is -0.480 e. The topological polar surface area (TPSA) is 188 Å². The van der Waals surface area contributed by atoms with E-state index < -0.39 is 65.1 Å². The summed E-state index contributed by atoms with van der Waals surface area (Å²) in [7, 11) is 0. The summed E-state index contributed by atoms with van der Waals surface area (Å²) in [4.78, 5) is 78.0. The molecule has 4 unspecified atom stereocenters. The SMILES string of the molecule is CC(C)(C)C(NC(=O)NC(C(=O)N1CCCC1C(=O)NC(CC1CC1)C(=O)C(N)=O)C1Cc2ccccc2C1)C(=O)O. The predicted octanol–water partition coefficient (Wildman–Crippen LogP) is 0.899. The van der Waals surface area contributed by atoms with E-state index in [1.54, 1.807) is 20.8 Å². The number of ketones is 1. The maximum Gasteiger partial charge on any atom is 0.326 e. The summed E-state index contributed by atoms with van der Waals surface area (Å²) in [6.07, 6.45) is 4.07. The summed E-state index contributed by atoms with van der Waals surface area (Å²) >= 11 is 0. The summed E-state index contributed by atoms with van der Waals surface area (Å²) in [6.45, 7) is 5.34. The molecular weight excluding hydrogens is 542 g/mol. The van der Waals surface area contributed by atoms with E-state index in [4.69, 9.17) is 5.73 Å². The smallest absolute Gasteiger partial charge is 0.326 e. The molecule has 12 heteroatoms. The Kier molecular flexibility index (Phi) is 9.22. The van der Waals surface area contributed by atoms with Gasteiger partial charge in [0.1, 0.15) is 18.1 Å². The first-order valence-corrected chi connectivity index (χ1v) is 14.6. The number of nitrogens with one attached hydrogen (secondary N) is 3. The van der Waals surface area contributed by atoms with Gasteiger partial charge in [-0.05, 0) is 60.5 Å². The second kappa shape index (κ2) is 12.5. The number of carbonyl (C=O) groups is 6. The molecule has 1 aliphatic heterocycles. The minimum absolute atomic E-state index is 0.235. The van der Waals surface area contributed by atoms with Gasteiger partial charge in [-0.15, -0.1) is 0 Å². The second-order valence-corrected chi connectivity index (χ2v) is 12.8. The molecule has 1 aromatic rings. The summed E-state index contributed by atoms with van der Waals surface area (Å²) in [5.74, 6) is -4.26. The number of fused-ring (bicyclic) bond motifs is 1. The molecule has 2 aliphatic carbocycles. The number of carbonyl (C=O) groups excluding carboxylic acids is 5. The van der Waals surface area contributed by atoms with Gasteiger partial charge in [-0.2, -0.15) is 0 Å². The number of nitrogens with zero attached hydrogens (tertiary/aromatic N) is 1. The molecule has 4 atom stereocenters. The van der Waals surface area contributed by atoms with Gasteiger partial charge >= 0.3 is 12.0 Å². The van der Waals surface area contributed by atoms with Crippen molar-refractivity contribution in [2.24, 2.45) is 23.0 Å². The average Bonchev–Trinajstić information content (AvgIpc) is 3.42. The molecule has 0 aromatic heterocycles. The number of carboxylic acid groups (broad SMARTS) is 1. The maximum atomic E-state index is 14.1. The first-order valence-electron chi connectivity index (χ1n) is 14.6. The fourth-order valence-corrected chi connectivity index (χ4v) is 6.01. The van der Waals surface area contributed by atoms with Gasteiger partial charge < -0.3 is 31.7 Å². The minimum atomic E-state index is -1.20. The van der Waals surface area contributed by atoms with Crippen LogP contribution in [0.3, 0.4) is 0 Å². The molecule has 4 rings (SSSR count). The molecule has 12 nitrogen and oxygen atoms in total. The number of rotatable bonds is 11. The van der Waals surface area contributed by atoms with Crippen LogP contribution in [0.15, 0.2) is 24.3 Å². The van der Waals surface area contributed by atoms with Gasteiger partial charge in [-0.25, -0.2) is 9.59 Å². The van der Waals surface area contributed by atoms with Crippen LogP contribution < -0.4 is 21.7 Å². The van der Waals surface area contributed by atoms with Crippen molar-refractivity contribution in [2.75, 3.05) is 6.54 Å². The van der Waals surface area contributed by atoms with E-state index >= 15 is 0 Å². The van der Waals surface area contributed by atoms with E-state index in [-0.39, 0.29) is 18.4 Å². The Bertz CT molecular complexity index is 1230. The quantitative estimate of drug-likeness (QED) is 0.239. The van der Waals surface area contributed by atoms with E-state index in [0.29, 0.717) is 32.1 Å². The van der Waals surface area contributed by atoms with Crippen molar-refractivity contribution in [3.05, 3.63) is 35.4 Å². The highest BCUT2D eigenvalue weighted by Gasteiger charge is 2.44. The van der Waals surface area contributed by atoms with Crippen LogP contribution in [0, 0.1) is 17.3 Å². The number of primary amides is 1. The molecule has 0 spiro atoms. The number of nitrogens with two attached hydrogens (primary N) is 1. The van der Waals surface area contributed by atoms with Crippen LogP contribution in [0.1, 0.15) is 64.0 Å². The summed E-state index contributed by atoms with van der Waals surface area (Å²) < 4.78 is 0. The average molecular weight is 584 g/mol. The zero-order valence-electron chi connectivity index (χ0n) is 24.4. The lowest BCUT2D eigenvalue weighted by Gasteiger charge is -2.33. The predicted molar refractivity (Wildman–Crippen MR) is 152 cm³/mol. The number of carboxylic acids is 1. The Morgan fingerprint density at radius 3 is 2.12 bits per heavy atom. The number of amides is 5. The third-order valence-electron chi connectivity index (χ3n) is 8.48. The molecule has 42 heavy (non-hydrogen) atoms. The van der Waals surface area contributed by atoms with E-state index in [1.165, 1.54) is 4.90 Å². The fraction of sp³-hybridized carbons (Fsp3) is 0.600. The van der Waals surface area contributed by atoms with Gasteiger partial charge in [0.25, 0.3) is 5.91 Å². The van der Waals surface area contributed by atoms with Crippen molar-refractivity contribution in [2.45, 2.75) is 89.9 Å². The molecule has 228 valence electrons. The number of Topliss-reactive ketones (excluding diaryl/α,β-unsaturated/α-hetero) is 1. The summed E-state index contributed by atoms with van der Waals surface area (Å²) in [5.41, 5.74) is 6.55. The van der Waals surface area contributed by atoms with Crippen LogP contribution >= 0.6 is 0 Å². The molecule has 3 aliphatic rings. The number of hydrogen-bond acceptors (Lipinski definition) is 6. The van der Waals surface area contributed by atoms with Gasteiger partial charge in [0.05, 0.1) is 6.04 Å². The van der Waals surface area contributed by atoms with Gasteiger partial charge in [-0.1, -0.05) is 57.9 Å². The first kappa shape index (κ1) is 31.0. The Labute approximate surface area is 245 Å². The van der Waals surface area contributed by atoms with Crippen LogP contribution in [0.25, 0.3) is 0 Å². The monoisotopic (exact) mass is 583 g/mol. The third-order valence-corrected chi connectivity index (χ3v) is 8.48. The first-order chi connectivity index (χ1) is 19.8. The zero-order valence-corrected chi connectivity index (χ0v) is 24.4. The fourth-order valence-electron chi connectivity index (χ4n) is 6.01. The van der Waals surface area contributed by atoms with Gasteiger partial charge in [0, 0.05) is 6.54 Å². The van der Waals surface area contributed by atoms with Gasteiger partial charge in [-0.3, -0.25) is 19.2 Å².